The monoisotopic (exact) mass is 421 g/mol. The highest BCUT2D eigenvalue weighted by Crippen LogP contribution is 2.47. The van der Waals surface area contributed by atoms with Gasteiger partial charge in [0.2, 0.25) is 0 Å². The van der Waals surface area contributed by atoms with Gasteiger partial charge in [0.15, 0.2) is 11.5 Å². The van der Waals surface area contributed by atoms with Gasteiger partial charge in [0.05, 0.1) is 24.6 Å². The highest BCUT2D eigenvalue weighted by molar-refractivity contribution is 6.11. The summed E-state index contributed by atoms with van der Waals surface area (Å²) in [5.41, 5.74) is 2.14. The minimum atomic E-state index is -1.00. The summed E-state index contributed by atoms with van der Waals surface area (Å²) in [5, 5.41) is 0. The van der Waals surface area contributed by atoms with Crippen LogP contribution >= 0.6 is 0 Å². The number of ketones is 1. The largest absolute Gasteiger partial charge is 0.497 e. The van der Waals surface area contributed by atoms with E-state index >= 15 is 0 Å². The van der Waals surface area contributed by atoms with Crippen LogP contribution in [0.5, 0.6) is 5.75 Å². The van der Waals surface area contributed by atoms with Gasteiger partial charge >= 0.3 is 0 Å². The Hall–Kier alpha value is -3.15. The molecular weight excluding hydrogens is 397 g/mol. The Balaban J connectivity index is 1.53. The van der Waals surface area contributed by atoms with Crippen LogP contribution in [-0.2, 0) is 20.9 Å². The topological polar surface area (TPSA) is 55.8 Å². The maximum atomic E-state index is 14.1. The van der Waals surface area contributed by atoms with Crippen molar-refractivity contribution >= 4 is 11.7 Å². The number of benzene rings is 2. The lowest BCUT2D eigenvalue weighted by molar-refractivity contribution is -0.136. The number of methoxy groups -OCH3 is 1. The molecule has 0 bridgehead atoms. The normalized spacial score (nSPS) is 27.6. The predicted octanol–water partition coefficient (Wildman–Crippen LogP) is 4.14. The summed E-state index contributed by atoms with van der Waals surface area (Å²) in [6.07, 6.45) is -0.439. The lowest BCUT2D eigenvalue weighted by Crippen LogP contribution is -2.42. The first kappa shape index (κ1) is 19.8. The Morgan fingerprint density at radius 3 is 2.52 bits per heavy atom. The van der Waals surface area contributed by atoms with E-state index in [1.807, 2.05) is 54.6 Å². The number of hydrogen-bond acceptors (Lipinski definition) is 4. The lowest BCUT2D eigenvalue weighted by atomic mass is 9.77. The second-order valence-corrected chi connectivity index (χ2v) is 8.37. The van der Waals surface area contributed by atoms with Crippen LogP contribution in [-0.4, -0.2) is 36.0 Å². The molecular formula is C25H24FNO4. The highest BCUT2D eigenvalue weighted by Gasteiger charge is 2.52. The first-order valence-corrected chi connectivity index (χ1v) is 10.6. The molecule has 4 unspecified atom stereocenters. The zero-order valence-electron chi connectivity index (χ0n) is 17.3. The van der Waals surface area contributed by atoms with Crippen LogP contribution in [0.15, 0.2) is 65.9 Å². The van der Waals surface area contributed by atoms with Crippen LogP contribution in [0, 0.1) is 5.92 Å². The van der Waals surface area contributed by atoms with Crippen molar-refractivity contribution < 1.29 is 23.5 Å². The van der Waals surface area contributed by atoms with E-state index in [0.717, 1.165) is 16.9 Å². The van der Waals surface area contributed by atoms with Crippen molar-refractivity contribution in [2.75, 3.05) is 7.11 Å². The highest BCUT2D eigenvalue weighted by atomic mass is 19.1. The molecule has 31 heavy (non-hydrogen) atoms. The molecule has 2 aliphatic heterocycles. The molecule has 0 aromatic heterocycles. The number of hydrogen-bond donors (Lipinski definition) is 0. The van der Waals surface area contributed by atoms with Crippen molar-refractivity contribution in [2.45, 2.75) is 44.1 Å². The Morgan fingerprint density at radius 1 is 1.06 bits per heavy atom. The zero-order valence-corrected chi connectivity index (χ0v) is 17.3. The van der Waals surface area contributed by atoms with Gasteiger partial charge in [-0.1, -0.05) is 42.5 Å². The van der Waals surface area contributed by atoms with E-state index in [1.54, 1.807) is 12.0 Å². The van der Waals surface area contributed by atoms with E-state index in [2.05, 4.69) is 0 Å². The van der Waals surface area contributed by atoms with Crippen molar-refractivity contribution in [2.24, 2.45) is 5.92 Å². The van der Waals surface area contributed by atoms with Crippen LogP contribution in [0.1, 0.15) is 36.4 Å². The lowest BCUT2D eigenvalue weighted by Gasteiger charge is -2.36. The molecule has 4 atom stereocenters. The summed E-state index contributed by atoms with van der Waals surface area (Å²) < 4.78 is 25.4. The second kappa shape index (κ2) is 7.84. The van der Waals surface area contributed by atoms with Gasteiger partial charge in [-0.05, 0) is 42.5 Å². The van der Waals surface area contributed by atoms with Crippen LogP contribution in [0.2, 0.25) is 0 Å². The standard InChI is InChI=1S/C25H24FNO4/c1-30-18-10-7-15(8-11-18)14-27-22(16-5-3-2-4-6-16)21-23(28)19-13-17(26)9-12-20(19)31-24(21)25(27)29/h2-8,10-11,17,19-20,22H,9,12-14H2,1H3. The van der Waals surface area contributed by atoms with Gasteiger partial charge in [0, 0.05) is 6.54 Å². The second-order valence-electron chi connectivity index (χ2n) is 8.37. The molecule has 5 nitrogen and oxygen atoms in total. The third-order valence-corrected chi connectivity index (χ3v) is 6.51. The Labute approximate surface area is 180 Å². The van der Waals surface area contributed by atoms with E-state index in [-0.39, 0.29) is 23.9 Å². The van der Waals surface area contributed by atoms with Gasteiger partial charge in [-0.3, -0.25) is 9.59 Å². The first-order chi connectivity index (χ1) is 15.1. The summed E-state index contributed by atoms with van der Waals surface area (Å²) in [6.45, 7) is 0.326. The van der Waals surface area contributed by atoms with Crippen LogP contribution < -0.4 is 4.74 Å². The van der Waals surface area contributed by atoms with E-state index < -0.39 is 24.2 Å². The fourth-order valence-electron chi connectivity index (χ4n) is 4.94. The fourth-order valence-corrected chi connectivity index (χ4v) is 4.94. The summed E-state index contributed by atoms with van der Waals surface area (Å²) in [4.78, 5) is 28.6. The number of Topliss-reactive ketones (excluding diaryl/α,β-unsaturated/α-hetero) is 1. The molecule has 1 saturated carbocycles. The molecule has 0 N–H and O–H groups in total. The molecule has 6 heteroatoms. The maximum Gasteiger partial charge on any atom is 0.290 e. The minimum absolute atomic E-state index is 0.144. The SMILES string of the molecule is COc1ccc(CN2C(=O)C3=C(C(=O)C4CC(F)CCC4O3)C2c2ccccc2)cc1. The zero-order chi connectivity index (χ0) is 21.5. The van der Waals surface area contributed by atoms with Crippen LogP contribution in [0.4, 0.5) is 4.39 Å². The molecule has 0 radical (unpaired) electrons. The van der Waals surface area contributed by atoms with E-state index in [4.69, 9.17) is 9.47 Å². The Bertz CT molecular complexity index is 1030. The summed E-state index contributed by atoms with van der Waals surface area (Å²) in [7, 11) is 1.60. The number of rotatable bonds is 4. The van der Waals surface area contributed by atoms with Gasteiger partial charge in [-0.15, -0.1) is 0 Å². The molecule has 0 saturated heterocycles. The van der Waals surface area contributed by atoms with Gasteiger partial charge in [0.25, 0.3) is 5.91 Å². The maximum absolute atomic E-state index is 14.1. The predicted molar refractivity (Wildman–Crippen MR) is 112 cm³/mol. The molecule has 2 heterocycles. The number of carbonyl (C=O) groups is 2. The van der Waals surface area contributed by atoms with Crippen LogP contribution in [0.3, 0.4) is 0 Å². The smallest absolute Gasteiger partial charge is 0.290 e. The Kier molecular flexibility index (Phi) is 5.00. The molecule has 0 spiro atoms. The number of nitrogens with zero attached hydrogens (tertiary/aromatic N) is 1. The summed E-state index contributed by atoms with van der Waals surface area (Å²) >= 11 is 0. The number of fused-ring (bicyclic) bond motifs is 1. The third-order valence-electron chi connectivity index (χ3n) is 6.51. The van der Waals surface area contributed by atoms with Crippen molar-refractivity contribution in [3.05, 3.63) is 77.1 Å². The van der Waals surface area contributed by atoms with Gasteiger partial charge in [-0.25, -0.2) is 4.39 Å². The minimum Gasteiger partial charge on any atom is -0.497 e. The molecule has 1 amide bonds. The molecule has 160 valence electrons. The molecule has 1 aliphatic carbocycles. The van der Waals surface area contributed by atoms with Gasteiger partial charge in [-0.2, -0.15) is 0 Å². The van der Waals surface area contributed by atoms with Crippen molar-refractivity contribution in [1.82, 2.24) is 4.90 Å². The van der Waals surface area contributed by atoms with Gasteiger partial charge in [0.1, 0.15) is 18.0 Å². The van der Waals surface area contributed by atoms with Crippen molar-refractivity contribution in [3.63, 3.8) is 0 Å². The number of ether oxygens (including phenoxy) is 2. The van der Waals surface area contributed by atoms with Gasteiger partial charge < -0.3 is 14.4 Å². The molecule has 5 rings (SSSR count). The number of carbonyl (C=O) groups excluding carboxylic acids is 2. The fraction of sp³-hybridized carbons (Fsp3) is 0.360. The van der Waals surface area contributed by atoms with Crippen molar-refractivity contribution in [3.8, 4) is 5.75 Å². The van der Waals surface area contributed by atoms with E-state index in [0.29, 0.717) is 25.0 Å². The van der Waals surface area contributed by atoms with E-state index in [9.17, 15) is 14.0 Å². The average Bonchev–Trinajstić information content (AvgIpc) is 3.07. The van der Waals surface area contributed by atoms with Crippen LogP contribution in [0.25, 0.3) is 0 Å². The number of alkyl halides is 1. The third kappa shape index (κ3) is 3.40. The number of halogens is 1. The molecule has 2 aromatic rings. The Morgan fingerprint density at radius 2 is 1.81 bits per heavy atom. The summed E-state index contributed by atoms with van der Waals surface area (Å²) in [6, 6.07) is 16.4. The number of amides is 1. The van der Waals surface area contributed by atoms with E-state index in [1.165, 1.54) is 0 Å². The quantitative estimate of drug-likeness (QED) is 0.745. The first-order valence-electron chi connectivity index (χ1n) is 10.6. The molecule has 3 aliphatic rings. The molecule has 1 fully saturated rings. The molecule has 2 aromatic carbocycles. The summed E-state index contributed by atoms with van der Waals surface area (Å²) in [5.74, 6) is -0.0767. The average molecular weight is 421 g/mol. The van der Waals surface area contributed by atoms with Crippen molar-refractivity contribution in [1.29, 1.82) is 0 Å².